The molecule has 26 valence electrons. The fourth-order valence-electron chi connectivity index (χ4n) is 0. The molecule has 4 heavy (non-hydrogen) atoms. The Morgan fingerprint density at radius 1 is 1.25 bits per heavy atom. The van der Waals surface area contributed by atoms with Gasteiger partial charge in [-0.15, -0.1) is 0 Å². The van der Waals surface area contributed by atoms with Crippen LogP contribution >= 0.6 is 40.7 Å². The van der Waals surface area contributed by atoms with Crippen LogP contribution in [0.3, 0.4) is 0 Å². The molecule has 4 heteroatoms. The first-order valence-electron chi connectivity index (χ1n) is 0.228. The first-order valence-corrected chi connectivity index (χ1v) is 6.30. The molecule has 0 rings (SSSR count). The molecule has 0 saturated carbocycles. The van der Waals surface area contributed by atoms with Gasteiger partial charge < -0.3 is 0 Å². The van der Waals surface area contributed by atoms with E-state index < -0.39 is 0 Å². The molecule has 0 fully saturated rings. The Morgan fingerprint density at radius 2 is 1.25 bits per heavy atom. The molecule has 0 N–H and O–H groups in total. The van der Waals surface area contributed by atoms with E-state index >= 15 is 0 Å². The molecule has 0 bridgehead atoms. The Kier molecular flexibility index (Phi) is 27.6. The topological polar surface area (TPSA) is 0 Å². The molecule has 0 aliphatic rings. The molecule has 0 aromatic rings. The minimum atomic E-state index is 0. The van der Waals surface area contributed by atoms with Crippen LogP contribution in [0.25, 0.3) is 0 Å². The molecule has 0 amide bonds. The molecule has 0 atom stereocenters. The van der Waals surface area contributed by atoms with E-state index in [1.54, 1.807) is 8.46 Å². The van der Waals surface area contributed by atoms with Crippen molar-refractivity contribution in [2.45, 2.75) is 0 Å². The van der Waals surface area contributed by atoms with Gasteiger partial charge in [0.1, 0.15) is 0 Å². The fraction of sp³-hybridized carbons (Fsp3) is 0. The molecule has 0 heterocycles. The van der Waals surface area contributed by atoms with Gasteiger partial charge in [0.05, 0.1) is 0 Å². The fourth-order valence-corrected chi connectivity index (χ4v) is 0. The molecule has 0 nitrogen and oxygen atoms in total. The van der Waals surface area contributed by atoms with Crippen molar-refractivity contribution in [2.24, 2.45) is 0 Å². The molecule has 1 radical (unpaired) electrons. The molecule has 0 spiro atoms. The quantitative estimate of drug-likeness (QED) is 0.387. The summed E-state index contributed by atoms with van der Waals surface area (Å²) in [6, 6.07) is 0. The van der Waals surface area contributed by atoms with Crippen molar-refractivity contribution in [1.29, 1.82) is 0 Å². The molecule has 0 unspecified atom stereocenters. The van der Waals surface area contributed by atoms with Crippen LogP contribution in [0.2, 0.25) is 0 Å². The second kappa shape index (κ2) is 10.1. The van der Waals surface area contributed by atoms with Gasteiger partial charge in [0.2, 0.25) is 0 Å². The maximum atomic E-state index is 2.18. The number of halogens is 2. The normalized spacial score (nSPS) is 5.50. The standard InChI is InChI=1S/Cs.Cu.2HI/h;;2*1H/q;+2;;/p-2. The Labute approximate surface area is 114 Å². The van der Waals surface area contributed by atoms with Crippen molar-refractivity contribution >= 4 is 110 Å². The third-order valence-electron chi connectivity index (χ3n) is 0. The van der Waals surface area contributed by atoms with Gasteiger partial charge >= 0.3 is 49.1 Å². The zero-order valence-electron chi connectivity index (χ0n) is 2.06. The van der Waals surface area contributed by atoms with E-state index in [0.29, 0.717) is 0 Å². The third kappa shape index (κ3) is 9.39. The van der Waals surface area contributed by atoms with E-state index in [1.165, 1.54) is 0 Å². The number of hydrogen-bond donors (Lipinski definition) is 0. The van der Waals surface area contributed by atoms with E-state index in [9.17, 15) is 0 Å². The molecular weight excluding hydrogens is 450 g/mol. The van der Waals surface area contributed by atoms with Crippen molar-refractivity contribution in [1.82, 2.24) is 0 Å². The van der Waals surface area contributed by atoms with Gasteiger partial charge in [-0.1, -0.05) is 0 Å². The van der Waals surface area contributed by atoms with Gasteiger partial charge in [0.15, 0.2) is 0 Å². The van der Waals surface area contributed by atoms with Crippen molar-refractivity contribution < 1.29 is 8.46 Å². The summed E-state index contributed by atoms with van der Waals surface area (Å²) in [5.74, 6) is 0. The SMILES string of the molecule is [Cs].[I][Cu][I]. The summed E-state index contributed by atoms with van der Waals surface area (Å²) in [4.78, 5) is 0. The molecule has 0 saturated heterocycles. The molecule has 0 aromatic heterocycles. The summed E-state index contributed by atoms with van der Waals surface area (Å²) in [7, 11) is 1.75. The predicted molar refractivity (Wildman–Crippen MR) is 33.8 cm³/mol. The van der Waals surface area contributed by atoms with Gasteiger partial charge in [0.25, 0.3) is 0 Å². The van der Waals surface area contributed by atoms with Gasteiger partial charge in [-0.3, -0.25) is 0 Å². The third-order valence-corrected chi connectivity index (χ3v) is 0. The van der Waals surface area contributed by atoms with Crippen molar-refractivity contribution in [2.75, 3.05) is 0 Å². The average Bonchev–Trinajstić information content (AvgIpc) is 0.918. The summed E-state index contributed by atoms with van der Waals surface area (Å²) < 4.78 is 0. The van der Waals surface area contributed by atoms with Gasteiger partial charge in [-0.25, -0.2) is 0 Å². The number of rotatable bonds is 0. The van der Waals surface area contributed by atoms with E-state index in [0.717, 1.165) is 0 Å². The van der Waals surface area contributed by atoms with Crippen LogP contribution in [0.5, 0.6) is 0 Å². The maximum absolute atomic E-state index is 2.18. The van der Waals surface area contributed by atoms with Crippen LogP contribution in [-0.4, -0.2) is 68.9 Å². The Balaban J connectivity index is 0. The summed E-state index contributed by atoms with van der Waals surface area (Å²) >= 11 is 4.36. The predicted octanol–water partition coefficient (Wildman–Crippen LogP) is 1.39. The monoisotopic (exact) mass is 450 g/mol. The molecular formula is CsCuI2. The zero-order valence-corrected chi connectivity index (χ0v) is 13.6. The van der Waals surface area contributed by atoms with Gasteiger partial charge in [-0.05, 0) is 0 Å². The van der Waals surface area contributed by atoms with Gasteiger partial charge in [-0.2, -0.15) is 0 Å². The summed E-state index contributed by atoms with van der Waals surface area (Å²) in [5, 5.41) is 0. The van der Waals surface area contributed by atoms with Crippen LogP contribution in [0, 0.1) is 0 Å². The van der Waals surface area contributed by atoms with Crippen molar-refractivity contribution in [3.05, 3.63) is 0 Å². The Hall–Kier alpha value is 4.03. The van der Waals surface area contributed by atoms with Crippen LogP contribution in [0.4, 0.5) is 0 Å². The first-order chi connectivity index (χ1) is 1.41. The first kappa shape index (κ1) is 10.9. The molecule has 0 aliphatic heterocycles. The Morgan fingerprint density at radius 3 is 1.25 bits per heavy atom. The van der Waals surface area contributed by atoms with Crippen LogP contribution < -0.4 is 0 Å². The van der Waals surface area contributed by atoms with Crippen molar-refractivity contribution in [3.63, 3.8) is 0 Å². The minimum absolute atomic E-state index is 0. The Bertz CT molecular complexity index is 6.00. The van der Waals surface area contributed by atoms with E-state index in [4.69, 9.17) is 0 Å². The van der Waals surface area contributed by atoms with E-state index in [1.807, 2.05) is 0 Å². The van der Waals surface area contributed by atoms with Crippen LogP contribution in [0.15, 0.2) is 0 Å². The summed E-state index contributed by atoms with van der Waals surface area (Å²) in [6.07, 6.45) is 0. The molecule has 0 aliphatic carbocycles. The second-order valence-corrected chi connectivity index (χ2v) is 7.99. The van der Waals surface area contributed by atoms with Crippen LogP contribution in [-0.2, 0) is 8.46 Å². The summed E-state index contributed by atoms with van der Waals surface area (Å²) in [5.41, 5.74) is 0. The second-order valence-electron chi connectivity index (χ2n) is 0.0431. The van der Waals surface area contributed by atoms with E-state index in [-0.39, 0.29) is 68.9 Å². The summed E-state index contributed by atoms with van der Waals surface area (Å²) in [6.45, 7) is 0. The average molecular weight is 450 g/mol. The van der Waals surface area contributed by atoms with E-state index in [2.05, 4.69) is 40.7 Å². The molecule has 0 aromatic carbocycles. The van der Waals surface area contributed by atoms with Crippen LogP contribution in [0.1, 0.15) is 0 Å². The van der Waals surface area contributed by atoms with Gasteiger partial charge in [0, 0.05) is 68.9 Å². The number of hydrogen-bond acceptors (Lipinski definition) is 0. The zero-order chi connectivity index (χ0) is 2.71. The van der Waals surface area contributed by atoms with Crippen molar-refractivity contribution in [3.8, 4) is 0 Å².